The molecule has 0 aliphatic rings. The van der Waals surface area contributed by atoms with Gasteiger partial charge >= 0.3 is 0 Å². The Kier molecular flexibility index (Phi) is 4.57. The third-order valence-corrected chi connectivity index (χ3v) is 1.20. The van der Waals surface area contributed by atoms with Crippen LogP contribution in [-0.2, 0) is 16.8 Å². The quantitative estimate of drug-likeness (QED) is 0.674. The van der Waals surface area contributed by atoms with Crippen LogP contribution in [0.3, 0.4) is 0 Å². The molecule has 0 aliphatic heterocycles. The van der Waals surface area contributed by atoms with Crippen LogP contribution in [0.5, 0.6) is 5.75 Å². The molecule has 0 spiro atoms. The summed E-state index contributed by atoms with van der Waals surface area (Å²) in [7, 11) is 1.67. The summed E-state index contributed by atoms with van der Waals surface area (Å²) in [6, 6.07) is 7.08. The Hall–Kier alpha value is -0.804. The van der Waals surface area contributed by atoms with Crippen LogP contribution in [0.2, 0.25) is 0 Å². The monoisotopic (exact) mass is 194 g/mol. The van der Waals surface area contributed by atoms with Gasteiger partial charge in [0.2, 0.25) is 0 Å². The summed E-state index contributed by atoms with van der Waals surface area (Å²) in [4.78, 5) is 3.78. The van der Waals surface area contributed by atoms with E-state index in [1.54, 1.807) is 25.4 Å². The summed E-state index contributed by atoms with van der Waals surface area (Å²) in [5.41, 5.74) is 0.755. The van der Waals surface area contributed by atoms with Crippen molar-refractivity contribution < 1.29 is 21.9 Å². The van der Waals surface area contributed by atoms with E-state index in [1.165, 1.54) is 0 Å². The van der Waals surface area contributed by atoms with Gasteiger partial charge in [0, 0.05) is 35.6 Å². The fourth-order valence-corrected chi connectivity index (χ4v) is 0.736. The molecule has 0 amide bonds. The van der Waals surface area contributed by atoms with Gasteiger partial charge < -0.3 is 5.11 Å². The van der Waals surface area contributed by atoms with Gasteiger partial charge in [-0.25, -0.2) is 0 Å². The van der Waals surface area contributed by atoms with Gasteiger partial charge in [-0.3, -0.25) is 4.99 Å². The molecule has 3 heteroatoms. The smallest absolute Gasteiger partial charge is 0.124 e. The zero-order chi connectivity index (χ0) is 7.40. The SMILES string of the molecule is CN=Cc1ccccc1O.[Co]. The van der Waals surface area contributed by atoms with Crippen molar-refractivity contribution in [2.24, 2.45) is 4.99 Å². The normalized spacial score (nSPS) is 9.55. The molecule has 1 radical (unpaired) electrons. The molecule has 0 aromatic heterocycles. The largest absolute Gasteiger partial charge is 0.507 e. The van der Waals surface area contributed by atoms with Crippen LogP contribution in [0, 0.1) is 0 Å². The summed E-state index contributed by atoms with van der Waals surface area (Å²) >= 11 is 0. The van der Waals surface area contributed by atoms with Gasteiger partial charge in [-0.05, 0) is 12.1 Å². The standard InChI is InChI=1S/C8H9NO.Co/c1-9-6-7-4-2-3-5-8(7)10;/h2-6,10H,1H3;. The summed E-state index contributed by atoms with van der Waals surface area (Å²) in [5, 5.41) is 9.15. The summed E-state index contributed by atoms with van der Waals surface area (Å²) in [6.07, 6.45) is 1.62. The van der Waals surface area contributed by atoms with Crippen molar-refractivity contribution in [2.45, 2.75) is 0 Å². The number of aliphatic imine (C=N–C) groups is 1. The van der Waals surface area contributed by atoms with E-state index in [-0.39, 0.29) is 22.5 Å². The van der Waals surface area contributed by atoms with Crippen molar-refractivity contribution in [3.05, 3.63) is 29.8 Å². The van der Waals surface area contributed by atoms with Crippen molar-refractivity contribution in [1.29, 1.82) is 0 Å². The molecule has 1 N–H and O–H groups in total. The number of hydrogen-bond acceptors (Lipinski definition) is 2. The molecule has 1 aromatic rings. The van der Waals surface area contributed by atoms with Crippen molar-refractivity contribution in [1.82, 2.24) is 0 Å². The Labute approximate surface area is 76.2 Å². The molecular formula is C8H9CoNO. The first-order chi connectivity index (χ1) is 4.84. The minimum atomic E-state index is 0. The number of aromatic hydroxyl groups is 1. The van der Waals surface area contributed by atoms with Crippen molar-refractivity contribution in [3.63, 3.8) is 0 Å². The van der Waals surface area contributed by atoms with Gasteiger partial charge in [-0.1, -0.05) is 12.1 Å². The van der Waals surface area contributed by atoms with Gasteiger partial charge in [-0.2, -0.15) is 0 Å². The summed E-state index contributed by atoms with van der Waals surface area (Å²) < 4.78 is 0. The van der Waals surface area contributed by atoms with Gasteiger partial charge in [0.15, 0.2) is 0 Å². The van der Waals surface area contributed by atoms with Gasteiger partial charge in [-0.15, -0.1) is 0 Å². The van der Waals surface area contributed by atoms with E-state index >= 15 is 0 Å². The molecule has 0 atom stereocenters. The van der Waals surface area contributed by atoms with Crippen LogP contribution in [0.15, 0.2) is 29.3 Å². The molecule has 0 aliphatic carbocycles. The average Bonchev–Trinajstić information content (AvgIpc) is 1.94. The van der Waals surface area contributed by atoms with Gasteiger partial charge in [0.25, 0.3) is 0 Å². The summed E-state index contributed by atoms with van der Waals surface area (Å²) in [5.74, 6) is 0.271. The Bertz CT molecular complexity index is 248. The molecule has 0 bridgehead atoms. The first kappa shape index (κ1) is 10.2. The molecule has 0 saturated heterocycles. The van der Waals surface area contributed by atoms with E-state index in [2.05, 4.69) is 4.99 Å². The van der Waals surface area contributed by atoms with E-state index in [9.17, 15) is 0 Å². The maximum atomic E-state index is 9.15. The number of para-hydroxylation sites is 1. The Morgan fingerprint density at radius 3 is 2.55 bits per heavy atom. The van der Waals surface area contributed by atoms with Crippen LogP contribution in [0.4, 0.5) is 0 Å². The maximum Gasteiger partial charge on any atom is 0.124 e. The molecule has 0 unspecified atom stereocenters. The maximum absolute atomic E-state index is 9.15. The number of phenolic OH excluding ortho intramolecular Hbond substituents is 1. The van der Waals surface area contributed by atoms with Crippen LogP contribution < -0.4 is 0 Å². The predicted molar refractivity (Wildman–Crippen MR) is 41.6 cm³/mol. The zero-order valence-corrected chi connectivity index (χ0v) is 7.16. The molecular weight excluding hydrogens is 185 g/mol. The number of phenols is 1. The van der Waals surface area contributed by atoms with Crippen LogP contribution in [0.25, 0.3) is 0 Å². The minimum Gasteiger partial charge on any atom is -0.507 e. The topological polar surface area (TPSA) is 32.6 Å². The van der Waals surface area contributed by atoms with Crippen molar-refractivity contribution >= 4 is 6.21 Å². The Balaban J connectivity index is 0.000001000. The molecule has 0 heterocycles. The molecule has 61 valence electrons. The number of benzene rings is 1. The zero-order valence-electron chi connectivity index (χ0n) is 6.11. The molecule has 0 saturated carbocycles. The molecule has 1 aromatic carbocycles. The fourth-order valence-electron chi connectivity index (χ4n) is 0.736. The predicted octanol–water partition coefficient (Wildman–Crippen LogP) is 1.44. The van der Waals surface area contributed by atoms with Crippen LogP contribution >= 0.6 is 0 Å². The van der Waals surface area contributed by atoms with Crippen molar-refractivity contribution in [3.8, 4) is 5.75 Å². The van der Waals surface area contributed by atoms with Crippen LogP contribution in [0.1, 0.15) is 5.56 Å². The van der Waals surface area contributed by atoms with E-state index in [4.69, 9.17) is 5.11 Å². The third-order valence-electron chi connectivity index (χ3n) is 1.20. The van der Waals surface area contributed by atoms with E-state index in [1.807, 2.05) is 12.1 Å². The first-order valence-corrected chi connectivity index (χ1v) is 3.05. The van der Waals surface area contributed by atoms with E-state index in [0.29, 0.717) is 0 Å². The van der Waals surface area contributed by atoms with Crippen LogP contribution in [-0.4, -0.2) is 18.4 Å². The van der Waals surface area contributed by atoms with Crippen molar-refractivity contribution in [2.75, 3.05) is 7.05 Å². The number of rotatable bonds is 1. The van der Waals surface area contributed by atoms with Gasteiger partial charge in [0.05, 0.1) is 0 Å². The fraction of sp³-hybridized carbons (Fsp3) is 0.125. The second-order valence-electron chi connectivity index (χ2n) is 1.95. The Morgan fingerprint density at radius 1 is 1.36 bits per heavy atom. The number of hydrogen-bond donors (Lipinski definition) is 1. The number of nitrogens with zero attached hydrogens (tertiary/aromatic N) is 1. The molecule has 0 fully saturated rings. The second-order valence-corrected chi connectivity index (χ2v) is 1.95. The molecule has 1 rings (SSSR count). The summed E-state index contributed by atoms with van der Waals surface area (Å²) in [6.45, 7) is 0. The van der Waals surface area contributed by atoms with E-state index in [0.717, 1.165) is 5.56 Å². The van der Waals surface area contributed by atoms with E-state index < -0.39 is 0 Å². The third kappa shape index (κ3) is 2.73. The minimum absolute atomic E-state index is 0. The Morgan fingerprint density at radius 2 is 2.00 bits per heavy atom. The molecule has 11 heavy (non-hydrogen) atoms. The second kappa shape index (κ2) is 4.93. The molecule has 2 nitrogen and oxygen atoms in total. The first-order valence-electron chi connectivity index (χ1n) is 3.05. The average molecular weight is 194 g/mol. The van der Waals surface area contributed by atoms with Gasteiger partial charge in [0.1, 0.15) is 5.75 Å².